The monoisotopic (exact) mass is 550 g/mol. The molecule has 1 aromatic heterocycles. The first-order valence-electron chi connectivity index (χ1n) is 10.9. The molecule has 1 aliphatic rings. The van der Waals surface area contributed by atoms with E-state index in [9.17, 15) is 14.7 Å². The Kier molecular flexibility index (Phi) is 7.42. The minimum absolute atomic E-state index is 0.103. The van der Waals surface area contributed by atoms with Crippen molar-refractivity contribution in [2.45, 2.75) is 20.8 Å². The van der Waals surface area contributed by atoms with Crippen molar-refractivity contribution >= 4 is 50.7 Å². The van der Waals surface area contributed by atoms with Crippen molar-refractivity contribution in [3.63, 3.8) is 0 Å². The van der Waals surface area contributed by atoms with Gasteiger partial charge in [0.1, 0.15) is 16.4 Å². The molecule has 178 valence electrons. The molecule has 0 saturated carbocycles. The summed E-state index contributed by atoms with van der Waals surface area (Å²) in [5, 5.41) is 11.1. The van der Waals surface area contributed by atoms with Crippen molar-refractivity contribution in [3.05, 3.63) is 104 Å². The first kappa shape index (κ1) is 24.8. The zero-order valence-electron chi connectivity index (χ0n) is 19.4. The second-order valence-corrected chi connectivity index (χ2v) is 9.73. The number of aromatic nitrogens is 1. The van der Waals surface area contributed by atoms with Crippen LogP contribution < -0.4 is 0 Å². The number of nitrogens with zero attached hydrogens (tertiary/aromatic N) is 2. The van der Waals surface area contributed by atoms with Crippen LogP contribution in [0.25, 0.3) is 11.8 Å². The molecular weight excluding hydrogens is 528 g/mol. The summed E-state index contributed by atoms with van der Waals surface area (Å²) in [6.07, 6.45) is 1.80. The quantitative estimate of drug-likeness (QED) is 0.364. The van der Waals surface area contributed by atoms with Crippen LogP contribution in [0, 0.1) is 13.8 Å². The second kappa shape index (κ2) is 10.5. The summed E-state index contributed by atoms with van der Waals surface area (Å²) in [7, 11) is 0. The standard InChI is InChI=1S/C27H23BrN2O4S/c1-4-34-27(33)23-24(31)22(35-26(23)29-25(32)18-8-6-5-7-9-18)15-19-14-16(2)30(17(19)3)21-12-10-20(28)11-13-21/h5-15,31H,4H2,1-3H3/b22-15-,29-26?. The minimum Gasteiger partial charge on any atom is -0.506 e. The summed E-state index contributed by atoms with van der Waals surface area (Å²) >= 11 is 4.53. The average Bonchev–Trinajstić information content (AvgIpc) is 3.29. The molecule has 0 saturated heterocycles. The van der Waals surface area contributed by atoms with E-state index in [-0.39, 0.29) is 23.0 Å². The van der Waals surface area contributed by atoms with E-state index < -0.39 is 11.9 Å². The fourth-order valence-corrected chi connectivity index (χ4v) is 5.06. The zero-order valence-corrected chi connectivity index (χ0v) is 21.8. The number of benzene rings is 2. The SMILES string of the molecule is CCOC(=O)C1=C(O)/C(=C/c2cc(C)n(-c3ccc(Br)cc3)c2C)SC1=NC(=O)c1ccccc1. The van der Waals surface area contributed by atoms with Crippen molar-refractivity contribution < 1.29 is 19.4 Å². The van der Waals surface area contributed by atoms with E-state index in [0.29, 0.717) is 10.5 Å². The highest BCUT2D eigenvalue weighted by Gasteiger charge is 2.34. The van der Waals surface area contributed by atoms with Crippen LogP contribution >= 0.6 is 27.7 Å². The number of aryl methyl sites for hydroxylation is 1. The molecule has 8 heteroatoms. The summed E-state index contributed by atoms with van der Waals surface area (Å²) in [5.41, 5.74) is 4.15. The number of carbonyl (C=O) groups excluding carboxylic acids is 2. The van der Waals surface area contributed by atoms with Crippen LogP contribution in [0.5, 0.6) is 0 Å². The van der Waals surface area contributed by atoms with Gasteiger partial charge in [-0.1, -0.05) is 45.9 Å². The largest absolute Gasteiger partial charge is 0.506 e. The fourth-order valence-electron chi connectivity index (χ4n) is 3.79. The Morgan fingerprint density at radius 3 is 2.46 bits per heavy atom. The number of rotatable bonds is 5. The van der Waals surface area contributed by atoms with Gasteiger partial charge in [0.15, 0.2) is 0 Å². The highest BCUT2D eigenvalue weighted by atomic mass is 79.9. The van der Waals surface area contributed by atoms with Gasteiger partial charge >= 0.3 is 5.97 Å². The van der Waals surface area contributed by atoms with Gasteiger partial charge in [-0.05, 0) is 74.9 Å². The molecule has 0 radical (unpaired) electrons. The Balaban J connectivity index is 1.75. The van der Waals surface area contributed by atoms with E-state index in [1.165, 1.54) is 0 Å². The van der Waals surface area contributed by atoms with Gasteiger partial charge in [-0.3, -0.25) is 4.79 Å². The molecule has 6 nitrogen and oxygen atoms in total. The number of aliphatic hydroxyl groups excluding tert-OH is 1. The lowest BCUT2D eigenvalue weighted by atomic mass is 10.1. The Hall–Kier alpha value is -3.36. The molecule has 35 heavy (non-hydrogen) atoms. The summed E-state index contributed by atoms with van der Waals surface area (Å²) in [5.74, 6) is -1.47. The number of hydrogen-bond donors (Lipinski definition) is 1. The summed E-state index contributed by atoms with van der Waals surface area (Å²) in [4.78, 5) is 29.9. The van der Waals surface area contributed by atoms with Crippen molar-refractivity contribution in [1.82, 2.24) is 4.57 Å². The summed E-state index contributed by atoms with van der Waals surface area (Å²) in [6.45, 7) is 5.80. The molecule has 0 bridgehead atoms. The third-order valence-corrected chi connectivity index (χ3v) is 6.98. The van der Waals surface area contributed by atoms with Crippen LogP contribution in [-0.2, 0) is 9.53 Å². The van der Waals surface area contributed by atoms with E-state index in [1.807, 2.05) is 44.2 Å². The summed E-state index contributed by atoms with van der Waals surface area (Å²) < 4.78 is 8.23. The Morgan fingerprint density at radius 1 is 1.11 bits per heavy atom. The number of aliphatic imine (C=N–C) groups is 1. The smallest absolute Gasteiger partial charge is 0.344 e. The third-order valence-electron chi connectivity index (χ3n) is 5.44. The normalized spacial score (nSPS) is 15.8. The maximum absolute atomic E-state index is 12.7. The van der Waals surface area contributed by atoms with Crippen molar-refractivity contribution in [1.29, 1.82) is 0 Å². The van der Waals surface area contributed by atoms with Gasteiger partial charge in [-0.15, -0.1) is 0 Å². The molecule has 1 aliphatic heterocycles. The molecule has 2 aromatic carbocycles. The molecule has 1 amide bonds. The number of halogens is 1. The van der Waals surface area contributed by atoms with Crippen LogP contribution in [0.3, 0.4) is 0 Å². The van der Waals surface area contributed by atoms with Gasteiger partial charge in [0.05, 0.1) is 11.5 Å². The number of ether oxygens (including phenoxy) is 1. The molecule has 0 fully saturated rings. The third kappa shape index (κ3) is 5.18. The molecular formula is C27H23BrN2O4S. The van der Waals surface area contributed by atoms with E-state index in [4.69, 9.17) is 4.74 Å². The first-order chi connectivity index (χ1) is 16.8. The molecule has 1 N–H and O–H groups in total. The van der Waals surface area contributed by atoms with Crippen molar-refractivity contribution in [3.8, 4) is 5.69 Å². The van der Waals surface area contributed by atoms with Gasteiger partial charge in [0.25, 0.3) is 5.91 Å². The number of amides is 1. The lowest BCUT2D eigenvalue weighted by Gasteiger charge is -2.09. The molecule has 3 aromatic rings. The molecule has 4 rings (SSSR count). The highest BCUT2D eigenvalue weighted by molar-refractivity contribution is 9.10. The first-order valence-corrected chi connectivity index (χ1v) is 12.5. The molecule has 0 aliphatic carbocycles. The van der Waals surface area contributed by atoms with Crippen molar-refractivity contribution in [2.24, 2.45) is 4.99 Å². The topological polar surface area (TPSA) is 80.9 Å². The van der Waals surface area contributed by atoms with Crippen LogP contribution in [0.4, 0.5) is 0 Å². The average molecular weight is 551 g/mol. The van der Waals surface area contributed by atoms with E-state index in [0.717, 1.165) is 38.9 Å². The Labute approximate surface area is 216 Å². The second-order valence-electron chi connectivity index (χ2n) is 7.78. The van der Waals surface area contributed by atoms with Crippen LogP contribution in [0.2, 0.25) is 0 Å². The summed E-state index contributed by atoms with van der Waals surface area (Å²) in [6, 6.07) is 18.6. The van der Waals surface area contributed by atoms with Crippen LogP contribution in [0.15, 0.2) is 86.4 Å². The highest BCUT2D eigenvalue weighted by Crippen LogP contribution is 2.40. The lowest BCUT2D eigenvalue weighted by molar-refractivity contribution is -0.138. The molecule has 0 atom stereocenters. The van der Waals surface area contributed by atoms with E-state index in [1.54, 1.807) is 43.3 Å². The molecule has 0 unspecified atom stereocenters. The maximum atomic E-state index is 12.7. The number of aliphatic hydroxyl groups is 1. The molecule has 0 spiro atoms. The van der Waals surface area contributed by atoms with Crippen LogP contribution in [-0.4, -0.2) is 33.2 Å². The minimum atomic E-state index is -0.721. The fraction of sp³-hybridized carbons (Fsp3) is 0.148. The number of esters is 1. The van der Waals surface area contributed by atoms with E-state index in [2.05, 4.69) is 25.5 Å². The number of thioether (sulfide) groups is 1. The molecule has 2 heterocycles. The Morgan fingerprint density at radius 2 is 1.80 bits per heavy atom. The Bertz CT molecular complexity index is 1390. The number of hydrogen-bond acceptors (Lipinski definition) is 5. The zero-order chi connectivity index (χ0) is 25.1. The predicted octanol–water partition coefficient (Wildman–Crippen LogP) is 6.56. The van der Waals surface area contributed by atoms with Crippen molar-refractivity contribution in [2.75, 3.05) is 6.61 Å². The maximum Gasteiger partial charge on any atom is 0.344 e. The van der Waals surface area contributed by atoms with Gasteiger partial charge in [-0.25, -0.2) is 9.79 Å². The number of carbonyl (C=O) groups is 2. The lowest BCUT2D eigenvalue weighted by Crippen LogP contribution is -2.14. The predicted molar refractivity (Wildman–Crippen MR) is 143 cm³/mol. The van der Waals surface area contributed by atoms with Gasteiger partial charge in [0.2, 0.25) is 0 Å². The van der Waals surface area contributed by atoms with Crippen LogP contribution in [0.1, 0.15) is 34.2 Å². The van der Waals surface area contributed by atoms with Gasteiger partial charge in [-0.2, -0.15) is 0 Å². The van der Waals surface area contributed by atoms with Gasteiger partial charge in [0, 0.05) is 27.1 Å². The van der Waals surface area contributed by atoms with E-state index >= 15 is 0 Å². The van der Waals surface area contributed by atoms with Gasteiger partial charge < -0.3 is 14.4 Å².